The second-order valence-corrected chi connectivity index (χ2v) is 6.55. The molecule has 0 amide bonds. The van der Waals surface area contributed by atoms with Crippen LogP contribution >= 0.6 is 11.8 Å². The molecule has 1 aliphatic carbocycles. The van der Waals surface area contributed by atoms with Crippen LogP contribution in [0.25, 0.3) is 10.8 Å². The Morgan fingerprint density at radius 1 is 1.21 bits per heavy atom. The average molecular weight is 273 g/mol. The van der Waals surface area contributed by atoms with Gasteiger partial charge in [0.1, 0.15) is 5.75 Å². The highest BCUT2D eigenvalue weighted by molar-refractivity contribution is 8.00. The minimum Gasteiger partial charge on any atom is -0.508 e. The van der Waals surface area contributed by atoms with E-state index in [4.69, 9.17) is 0 Å². The van der Waals surface area contributed by atoms with Gasteiger partial charge in [-0.25, -0.2) is 0 Å². The Bertz CT molecular complexity index is 592. The molecule has 0 aliphatic heterocycles. The van der Waals surface area contributed by atoms with Crippen molar-refractivity contribution in [2.24, 2.45) is 0 Å². The summed E-state index contributed by atoms with van der Waals surface area (Å²) in [5.74, 6) is 0.389. The van der Waals surface area contributed by atoms with E-state index in [1.54, 1.807) is 6.07 Å². The number of nitrogens with one attached hydrogen (secondary N) is 1. The van der Waals surface area contributed by atoms with Gasteiger partial charge in [-0.15, -0.1) is 0 Å². The number of rotatable bonds is 5. The lowest BCUT2D eigenvalue weighted by Crippen LogP contribution is -2.25. The molecule has 2 nitrogen and oxygen atoms in total. The predicted molar refractivity (Wildman–Crippen MR) is 82.8 cm³/mol. The first-order valence-corrected chi connectivity index (χ1v) is 7.92. The van der Waals surface area contributed by atoms with E-state index in [0.717, 1.165) is 24.0 Å². The fourth-order valence-corrected chi connectivity index (χ4v) is 3.27. The Hall–Kier alpha value is -1.19. The molecule has 2 aromatic rings. The van der Waals surface area contributed by atoms with Crippen molar-refractivity contribution in [3.63, 3.8) is 0 Å². The van der Waals surface area contributed by atoms with Gasteiger partial charge in [0.2, 0.25) is 0 Å². The van der Waals surface area contributed by atoms with Gasteiger partial charge in [0.15, 0.2) is 0 Å². The standard InChI is InChI=1S/C16H19NOS/c1-19-16(8-9-16)11-17-10-14-13-5-3-2-4-12(13)6-7-15(14)18/h2-7,17-18H,8-11H2,1H3. The molecule has 19 heavy (non-hydrogen) atoms. The zero-order valence-corrected chi connectivity index (χ0v) is 12.0. The number of fused-ring (bicyclic) bond motifs is 1. The highest BCUT2D eigenvalue weighted by atomic mass is 32.2. The van der Waals surface area contributed by atoms with Crippen LogP contribution in [0.3, 0.4) is 0 Å². The SMILES string of the molecule is CSC1(CNCc2c(O)ccc3ccccc23)CC1. The molecule has 0 atom stereocenters. The Labute approximate surface area is 118 Å². The lowest BCUT2D eigenvalue weighted by atomic mass is 10.0. The molecule has 100 valence electrons. The van der Waals surface area contributed by atoms with Crippen LogP contribution < -0.4 is 5.32 Å². The molecule has 0 bridgehead atoms. The van der Waals surface area contributed by atoms with Gasteiger partial charge >= 0.3 is 0 Å². The highest BCUT2D eigenvalue weighted by Gasteiger charge is 2.41. The third-order valence-electron chi connectivity index (χ3n) is 4.01. The van der Waals surface area contributed by atoms with Crippen molar-refractivity contribution < 1.29 is 5.11 Å². The van der Waals surface area contributed by atoms with Crippen LogP contribution in [0.1, 0.15) is 18.4 Å². The third kappa shape index (κ3) is 2.58. The quantitative estimate of drug-likeness (QED) is 0.874. The molecule has 1 saturated carbocycles. The van der Waals surface area contributed by atoms with Crippen molar-refractivity contribution in [3.05, 3.63) is 42.0 Å². The van der Waals surface area contributed by atoms with Gasteiger partial charge in [0, 0.05) is 23.4 Å². The number of hydrogen-bond acceptors (Lipinski definition) is 3. The van der Waals surface area contributed by atoms with E-state index in [1.165, 1.54) is 18.2 Å². The zero-order valence-electron chi connectivity index (χ0n) is 11.1. The van der Waals surface area contributed by atoms with Crippen LogP contribution in [0.5, 0.6) is 5.75 Å². The van der Waals surface area contributed by atoms with Gasteiger partial charge in [0.05, 0.1) is 0 Å². The van der Waals surface area contributed by atoms with Crippen molar-refractivity contribution in [1.29, 1.82) is 0 Å². The largest absolute Gasteiger partial charge is 0.508 e. The molecule has 0 aromatic heterocycles. The molecule has 1 fully saturated rings. The van der Waals surface area contributed by atoms with Crippen LogP contribution in [-0.4, -0.2) is 22.7 Å². The normalized spacial score (nSPS) is 16.7. The molecular formula is C16H19NOS. The Balaban J connectivity index is 1.78. The third-order valence-corrected chi connectivity index (χ3v) is 5.42. The van der Waals surface area contributed by atoms with Crippen LogP contribution in [0.2, 0.25) is 0 Å². The van der Waals surface area contributed by atoms with E-state index in [-0.39, 0.29) is 0 Å². The van der Waals surface area contributed by atoms with Gasteiger partial charge in [-0.3, -0.25) is 0 Å². The van der Waals surface area contributed by atoms with Crippen LogP contribution in [0.4, 0.5) is 0 Å². The summed E-state index contributed by atoms with van der Waals surface area (Å²) in [6.45, 7) is 1.76. The van der Waals surface area contributed by atoms with Crippen molar-refractivity contribution in [3.8, 4) is 5.75 Å². The lowest BCUT2D eigenvalue weighted by molar-refractivity contribution is 0.465. The second kappa shape index (κ2) is 5.06. The van der Waals surface area contributed by atoms with E-state index < -0.39 is 0 Å². The Morgan fingerprint density at radius 2 is 2.00 bits per heavy atom. The number of benzene rings is 2. The van der Waals surface area contributed by atoms with E-state index in [0.29, 0.717) is 10.5 Å². The Morgan fingerprint density at radius 3 is 2.74 bits per heavy atom. The van der Waals surface area contributed by atoms with E-state index in [9.17, 15) is 5.11 Å². The number of phenols is 1. The van der Waals surface area contributed by atoms with Crippen molar-refractivity contribution in [2.75, 3.05) is 12.8 Å². The summed E-state index contributed by atoms with van der Waals surface area (Å²) < 4.78 is 0.459. The van der Waals surface area contributed by atoms with Crippen LogP contribution in [0, 0.1) is 0 Å². The number of hydrogen-bond donors (Lipinski definition) is 2. The smallest absolute Gasteiger partial charge is 0.120 e. The van der Waals surface area contributed by atoms with E-state index in [2.05, 4.69) is 23.7 Å². The van der Waals surface area contributed by atoms with Gasteiger partial charge in [-0.2, -0.15) is 11.8 Å². The molecule has 0 unspecified atom stereocenters. The van der Waals surface area contributed by atoms with E-state index >= 15 is 0 Å². The number of phenolic OH excluding ortho intramolecular Hbond substituents is 1. The summed E-state index contributed by atoms with van der Waals surface area (Å²) in [7, 11) is 0. The Kier molecular flexibility index (Phi) is 3.42. The summed E-state index contributed by atoms with van der Waals surface area (Å²) in [6, 6.07) is 12.0. The molecule has 0 radical (unpaired) electrons. The topological polar surface area (TPSA) is 32.3 Å². The van der Waals surface area contributed by atoms with Crippen molar-refractivity contribution >= 4 is 22.5 Å². The molecule has 1 aliphatic rings. The van der Waals surface area contributed by atoms with Crippen molar-refractivity contribution in [2.45, 2.75) is 24.1 Å². The maximum atomic E-state index is 10.1. The molecule has 0 spiro atoms. The fraction of sp³-hybridized carbons (Fsp3) is 0.375. The minimum atomic E-state index is 0.389. The average Bonchev–Trinajstić information content (AvgIpc) is 3.22. The minimum absolute atomic E-state index is 0.389. The van der Waals surface area contributed by atoms with Gasteiger partial charge in [-0.05, 0) is 35.9 Å². The second-order valence-electron chi connectivity index (χ2n) is 5.28. The van der Waals surface area contributed by atoms with Crippen LogP contribution in [-0.2, 0) is 6.54 Å². The molecular weight excluding hydrogens is 254 g/mol. The maximum Gasteiger partial charge on any atom is 0.120 e. The first kappa shape index (κ1) is 12.8. The first-order valence-electron chi connectivity index (χ1n) is 6.70. The summed E-state index contributed by atoms with van der Waals surface area (Å²) in [4.78, 5) is 0. The summed E-state index contributed by atoms with van der Waals surface area (Å²) in [6.07, 6.45) is 4.80. The molecule has 2 aromatic carbocycles. The van der Waals surface area contributed by atoms with Gasteiger partial charge in [0.25, 0.3) is 0 Å². The van der Waals surface area contributed by atoms with Gasteiger partial charge in [-0.1, -0.05) is 30.3 Å². The predicted octanol–water partition coefficient (Wildman–Crippen LogP) is 3.53. The fourth-order valence-electron chi connectivity index (χ4n) is 2.52. The van der Waals surface area contributed by atoms with Crippen molar-refractivity contribution in [1.82, 2.24) is 5.32 Å². The number of aromatic hydroxyl groups is 1. The maximum absolute atomic E-state index is 10.1. The lowest BCUT2D eigenvalue weighted by Gasteiger charge is -2.15. The molecule has 2 N–H and O–H groups in total. The molecule has 0 heterocycles. The monoisotopic (exact) mass is 273 g/mol. The summed E-state index contributed by atoms with van der Waals surface area (Å²) in [5, 5.41) is 15.9. The van der Waals surface area contributed by atoms with Crippen LogP contribution in [0.15, 0.2) is 36.4 Å². The molecule has 0 saturated heterocycles. The molecule has 3 rings (SSSR count). The molecule has 3 heteroatoms. The zero-order chi connectivity index (χ0) is 13.3. The summed E-state index contributed by atoms with van der Waals surface area (Å²) >= 11 is 1.96. The van der Waals surface area contributed by atoms with E-state index in [1.807, 2.05) is 30.0 Å². The summed E-state index contributed by atoms with van der Waals surface area (Å²) in [5.41, 5.74) is 1.01. The highest BCUT2D eigenvalue weighted by Crippen LogP contribution is 2.46. The first-order chi connectivity index (χ1) is 9.24. The number of thioether (sulfide) groups is 1. The van der Waals surface area contributed by atoms with Gasteiger partial charge < -0.3 is 10.4 Å².